The number of benzene rings is 2. The molecule has 0 aliphatic rings. The van der Waals surface area contributed by atoms with Gasteiger partial charge < -0.3 is 0 Å². The van der Waals surface area contributed by atoms with E-state index in [1.54, 1.807) is 41.8 Å². The summed E-state index contributed by atoms with van der Waals surface area (Å²) in [5.74, 6) is 0.0430. The summed E-state index contributed by atoms with van der Waals surface area (Å²) in [6.45, 7) is 2.16. The molecule has 3 heterocycles. The van der Waals surface area contributed by atoms with Crippen LogP contribution in [-0.2, 0) is 16.6 Å². The minimum Gasteiger partial charge on any atom is -0.296 e. The average molecular weight is 495 g/mol. The van der Waals surface area contributed by atoms with Crippen LogP contribution in [0.25, 0.3) is 22.0 Å². The monoisotopic (exact) mass is 494 g/mol. The lowest BCUT2D eigenvalue weighted by atomic mass is 10.1. The number of hydrogen-bond donors (Lipinski definition) is 1. The fourth-order valence-electron chi connectivity index (χ4n) is 3.34. The maximum absolute atomic E-state index is 13.1. The highest BCUT2D eigenvalue weighted by Crippen LogP contribution is 2.27. The summed E-state index contributed by atoms with van der Waals surface area (Å²) >= 11 is 2.57. The number of aromatic nitrogens is 3. The highest BCUT2D eigenvalue weighted by Gasteiger charge is 2.16. The predicted molar refractivity (Wildman–Crippen MR) is 133 cm³/mol. The number of rotatable bonds is 5. The van der Waals surface area contributed by atoms with Gasteiger partial charge in [-0.05, 0) is 24.4 Å². The second-order valence-corrected chi connectivity index (χ2v) is 11.1. The number of hydrogen-bond acceptors (Lipinski definition) is 7. The second kappa shape index (κ2) is 8.64. The molecule has 5 rings (SSSR count). The maximum Gasteiger partial charge on any atom is 0.275 e. The number of thiophene rings is 1. The molecule has 0 amide bonds. The molecule has 1 atom stereocenters. The van der Waals surface area contributed by atoms with E-state index in [1.807, 2.05) is 36.6 Å². The largest absolute Gasteiger partial charge is 0.296 e. The first kappa shape index (κ1) is 21.7. The van der Waals surface area contributed by atoms with Gasteiger partial charge in [0.2, 0.25) is 10.0 Å². The Morgan fingerprint density at radius 3 is 2.52 bits per heavy atom. The molecule has 33 heavy (non-hydrogen) atoms. The Labute approximate surface area is 198 Å². The average Bonchev–Trinajstić information content (AvgIpc) is 3.50. The molecule has 1 unspecified atom stereocenters. The summed E-state index contributed by atoms with van der Waals surface area (Å²) in [5.41, 5.74) is 2.68. The molecule has 0 spiro atoms. The van der Waals surface area contributed by atoms with Gasteiger partial charge in [0.25, 0.3) is 5.56 Å². The van der Waals surface area contributed by atoms with E-state index in [0.717, 1.165) is 22.6 Å². The van der Waals surface area contributed by atoms with Crippen molar-refractivity contribution >= 4 is 49.3 Å². The van der Waals surface area contributed by atoms with Crippen molar-refractivity contribution in [2.75, 3.05) is 0 Å². The van der Waals surface area contributed by atoms with E-state index >= 15 is 0 Å². The highest BCUT2D eigenvalue weighted by atomic mass is 32.3. The van der Waals surface area contributed by atoms with Gasteiger partial charge in [0.15, 0.2) is 5.82 Å². The van der Waals surface area contributed by atoms with Crippen LogP contribution in [0.4, 0.5) is 5.82 Å². The first-order valence-corrected chi connectivity index (χ1v) is 13.2. The summed E-state index contributed by atoms with van der Waals surface area (Å²) in [6.07, 6.45) is 0. The van der Waals surface area contributed by atoms with Gasteiger partial charge in [-0.3, -0.25) is 9.35 Å². The Morgan fingerprint density at radius 2 is 1.79 bits per heavy atom. The second-order valence-electron chi connectivity index (χ2n) is 7.34. The molecule has 0 aliphatic heterocycles. The van der Waals surface area contributed by atoms with Crippen molar-refractivity contribution in [2.45, 2.75) is 17.7 Å². The molecule has 10 heteroatoms. The van der Waals surface area contributed by atoms with Crippen molar-refractivity contribution in [1.29, 1.82) is 0 Å². The van der Waals surface area contributed by atoms with E-state index in [1.165, 1.54) is 21.6 Å². The Morgan fingerprint density at radius 1 is 1.03 bits per heavy atom. The van der Waals surface area contributed by atoms with Crippen LogP contribution in [0, 0.1) is 6.92 Å². The highest BCUT2D eigenvalue weighted by molar-refractivity contribution is 7.90. The number of aryl methyl sites for hydroxylation is 1. The summed E-state index contributed by atoms with van der Waals surface area (Å²) in [6, 6.07) is 18.1. The Balaban J connectivity index is 1.59. The van der Waals surface area contributed by atoms with Gasteiger partial charge in [-0.2, -0.15) is 0 Å². The minimum atomic E-state index is -3.70. The van der Waals surface area contributed by atoms with Crippen LogP contribution in [0.3, 0.4) is 0 Å². The zero-order valence-electron chi connectivity index (χ0n) is 17.4. The lowest BCUT2D eigenvalue weighted by Gasteiger charge is -2.08. The molecule has 166 valence electrons. The molecule has 7 nitrogen and oxygen atoms in total. The van der Waals surface area contributed by atoms with E-state index in [-0.39, 0.29) is 22.1 Å². The first-order valence-electron chi connectivity index (χ1n) is 9.95. The van der Waals surface area contributed by atoms with E-state index in [9.17, 15) is 13.6 Å². The van der Waals surface area contributed by atoms with Crippen molar-refractivity contribution in [2.24, 2.45) is 4.36 Å². The molecule has 1 N–H and O–H groups in total. The maximum atomic E-state index is 13.1. The van der Waals surface area contributed by atoms with Crippen molar-refractivity contribution < 1.29 is 8.76 Å². The van der Waals surface area contributed by atoms with Gasteiger partial charge in [0.1, 0.15) is 9.22 Å². The SMILES string of the molecule is Cc1ccc(-c2csc(Cn3nc(N=S(=O)(O)c4cccs4)c4ccccc4c3=O)n2)cc1. The van der Waals surface area contributed by atoms with E-state index < -0.39 is 10.0 Å². The molecule has 5 aromatic rings. The third kappa shape index (κ3) is 4.38. The smallest absolute Gasteiger partial charge is 0.275 e. The van der Waals surface area contributed by atoms with Crippen LogP contribution in [0.15, 0.2) is 84.8 Å². The fraction of sp³-hybridized carbons (Fsp3) is 0.0870. The number of nitrogens with zero attached hydrogens (tertiary/aromatic N) is 4. The summed E-state index contributed by atoms with van der Waals surface area (Å²) in [4.78, 5) is 17.8. The Bertz CT molecular complexity index is 1630. The zero-order chi connectivity index (χ0) is 23.0. The van der Waals surface area contributed by atoms with Gasteiger partial charge >= 0.3 is 0 Å². The molecule has 0 saturated carbocycles. The van der Waals surface area contributed by atoms with E-state index in [2.05, 4.69) is 14.4 Å². The minimum absolute atomic E-state index is 0.0430. The van der Waals surface area contributed by atoms with Crippen molar-refractivity contribution in [3.8, 4) is 11.3 Å². The van der Waals surface area contributed by atoms with Crippen LogP contribution in [0.5, 0.6) is 0 Å². The number of fused-ring (bicyclic) bond motifs is 1. The van der Waals surface area contributed by atoms with Crippen LogP contribution in [0.1, 0.15) is 10.6 Å². The normalized spacial score (nSPS) is 13.2. The first-order chi connectivity index (χ1) is 15.9. The van der Waals surface area contributed by atoms with Gasteiger partial charge in [-0.25, -0.2) is 13.9 Å². The molecule has 0 radical (unpaired) electrons. The molecule has 0 bridgehead atoms. The van der Waals surface area contributed by atoms with Crippen LogP contribution < -0.4 is 5.56 Å². The fourth-order valence-corrected chi connectivity index (χ4v) is 6.07. The Kier molecular flexibility index (Phi) is 5.67. The molecular formula is C23H18N4O3S3. The van der Waals surface area contributed by atoms with Gasteiger partial charge in [-0.1, -0.05) is 54.1 Å². The summed E-state index contributed by atoms with van der Waals surface area (Å²) in [7, 11) is -3.70. The lowest BCUT2D eigenvalue weighted by Crippen LogP contribution is -2.23. The molecule has 2 aromatic carbocycles. The predicted octanol–water partition coefficient (Wildman–Crippen LogP) is 5.57. The third-order valence-corrected chi connectivity index (χ3v) is 8.52. The lowest BCUT2D eigenvalue weighted by molar-refractivity contribution is 0.553. The quantitative estimate of drug-likeness (QED) is 0.344. The van der Waals surface area contributed by atoms with E-state index in [0.29, 0.717) is 15.8 Å². The van der Waals surface area contributed by atoms with Crippen molar-refractivity contribution in [3.63, 3.8) is 0 Å². The van der Waals surface area contributed by atoms with Crippen LogP contribution in [-0.4, -0.2) is 23.5 Å². The topological polar surface area (TPSA) is 97.4 Å². The molecule has 0 aliphatic carbocycles. The third-order valence-electron chi connectivity index (χ3n) is 5.00. The standard InChI is InChI=1S/C23H18N4O3S3/c1-15-8-10-16(11-9-15)19-14-32-20(24-19)13-27-23(28)18-6-3-2-5-17(18)22(25-27)26-33(29,30)21-7-4-12-31-21/h2-12,14H,13H2,1H3,(H,25,26,29,30). The van der Waals surface area contributed by atoms with Crippen molar-refractivity contribution in [1.82, 2.24) is 14.8 Å². The van der Waals surface area contributed by atoms with Gasteiger partial charge in [0.05, 0.1) is 17.6 Å². The van der Waals surface area contributed by atoms with Gasteiger partial charge in [0, 0.05) is 16.3 Å². The molecule has 0 saturated heterocycles. The Hall–Kier alpha value is -3.18. The van der Waals surface area contributed by atoms with E-state index in [4.69, 9.17) is 0 Å². The van der Waals surface area contributed by atoms with Gasteiger partial charge in [-0.15, -0.1) is 32.1 Å². The van der Waals surface area contributed by atoms with Crippen molar-refractivity contribution in [3.05, 3.63) is 92.3 Å². The summed E-state index contributed by atoms with van der Waals surface area (Å²) in [5, 5.41) is 9.51. The summed E-state index contributed by atoms with van der Waals surface area (Å²) < 4.78 is 28.9. The molecule has 0 fully saturated rings. The molecular weight excluding hydrogens is 476 g/mol. The van der Waals surface area contributed by atoms with Crippen LogP contribution >= 0.6 is 22.7 Å². The molecule has 3 aromatic heterocycles. The zero-order valence-corrected chi connectivity index (χ0v) is 19.9. The van der Waals surface area contributed by atoms with Crippen LogP contribution in [0.2, 0.25) is 0 Å². The number of thiazole rings is 1.